The quantitative estimate of drug-likeness (QED) is 0.414. The molecule has 4 rings (SSSR count). The number of rotatable bonds is 4. The van der Waals surface area contributed by atoms with Gasteiger partial charge >= 0.3 is 6.03 Å². The van der Waals surface area contributed by atoms with Gasteiger partial charge in [0.15, 0.2) is 0 Å². The zero-order valence-electron chi connectivity index (χ0n) is 17.5. The second kappa shape index (κ2) is 8.65. The van der Waals surface area contributed by atoms with Crippen LogP contribution in [0.3, 0.4) is 0 Å². The highest BCUT2D eigenvalue weighted by Gasteiger charge is 2.17. The maximum Gasteiger partial charge on any atom is 0.323 e. The van der Waals surface area contributed by atoms with Crippen LogP contribution in [0.15, 0.2) is 59.7 Å². The van der Waals surface area contributed by atoms with Crippen LogP contribution in [0.4, 0.5) is 35.2 Å². The van der Waals surface area contributed by atoms with E-state index in [4.69, 9.17) is 0 Å². The largest absolute Gasteiger partial charge is 0.373 e. The number of hydrogen-bond acceptors (Lipinski definition) is 4. The molecule has 0 fully saturated rings. The van der Waals surface area contributed by atoms with E-state index in [9.17, 15) is 22.8 Å². The molecule has 0 saturated heterocycles. The molecule has 3 N–H and O–H groups in total. The molecule has 0 unspecified atom stereocenters. The molecule has 2 aromatic carbocycles. The minimum absolute atomic E-state index is 0.249. The van der Waals surface area contributed by atoms with Crippen molar-refractivity contribution in [3.8, 4) is 5.69 Å². The zero-order chi connectivity index (χ0) is 23.7. The van der Waals surface area contributed by atoms with Crippen LogP contribution in [0, 0.1) is 24.4 Å². The van der Waals surface area contributed by atoms with Gasteiger partial charge in [-0.05, 0) is 48.7 Å². The molecule has 0 saturated carbocycles. The molecule has 7 nitrogen and oxygen atoms in total. The molecule has 33 heavy (non-hydrogen) atoms. The number of halogens is 3. The number of hydrogen-bond donors (Lipinski definition) is 3. The van der Waals surface area contributed by atoms with E-state index in [1.54, 1.807) is 20.0 Å². The smallest absolute Gasteiger partial charge is 0.323 e. The summed E-state index contributed by atoms with van der Waals surface area (Å²) in [7, 11) is 1.69. The van der Waals surface area contributed by atoms with Gasteiger partial charge in [-0.2, -0.15) is 0 Å². The number of urea groups is 1. The molecule has 4 aromatic rings. The molecule has 2 heterocycles. The summed E-state index contributed by atoms with van der Waals surface area (Å²) in [6, 6.07) is 7.42. The van der Waals surface area contributed by atoms with E-state index < -0.39 is 29.0 Å². The number of aromatic nitrogens is 2. The summed E-state index contributed by atoms with van der Waals surface area (Å²) in [5, 5.41) is 8.78. The van der Waals surface area contributed by atoms with E-state index in [0.717, 1.165) is 22.8 Å². The monoisotopic (exact) mass is 453 g/mol. The molecule has 0 aliphatic heterocycles. The first-order valence-electron chi connectivity index (χ1n) is 9.79. The van der Waals surface area contributed by atoms with Crippen LogP contribution >= 0.6 is 0 Å². The van der Waals surface area contributed by atoms with Gasteiger partial charge in [0.2, 0.25) is 0 Å². The highest BCUT2D eigenvalue weighted by Crippen LogP contribution is 2.25. The van der Waals surface area contributed by atoms with E-state index in [0.29, 0.717) is 28.2 Å². The van der Waals surface area contributed by atoms with Gasteiger partial charge in [0.1, 0.15) is 23.3 Å². The van der Waals surface area contributed by atoms with Crippen LogP contribution in [-0.2, 0) is 0 Å². The van der Waals surface area contributed by atoms with Gasteiger partial charge < -0.3 is 16.0 Å². The summed E-state index contributed by atoms with van der Waals surface area (Å²) in [6.45, 7) is 1.59. The fourth-order valence-electron chi connectivity index (χ4n) is 3.34. The third-order valence-electron chi connectivity index (χ3n) is 5.05. The lowest BCUT2D eigenvalue weighted by molar-refractivity contribution is 0.262. The van der Waals surface area contributed by atoms with Crippen LogP contribution in [0.5, 0.6) is 0 Å². The minimum Gasteiger partial charge on any atom is -0.373 e. The van der Waals surface area contributed by atoms with Gasteiger partial charge in [-0.15, -0.1) is 0 Å². The van der Waals surface area contributed by atoms with Crippen LogP contribution in [0.25, 0.3) is 16.5 Å². The number of benzene rings is 2. The molecule has 10 heteroatoms. The molecule has 0 spiro atoms. The van der Waals surface area contributed by atoms with Crippen molar-refractivity contribution in [3.63, 3.8) is 0 Å². The van der Waals surface area contributed by atoms with Crippen molar-refractivity contribution in [2.45, 2.75) is 6.92 Å². The molecular weight excluding hydrogens is 435 g/mol. The molecule has 0 bridgehead atoms. The Kier molecular flexibility index (Phi) is 5.74. The number of nitrogens with zero attached hydrogens (tertiary/aromatic N) is 2. The summed E-state index contributed by atoms with van der Waals surface area (Å²) in [6.07, 6.45) is 2.93. The molecule has 0 aliphatic carbocycles. The second-order valence-corrected chi connectivity index (χ2v) is 7.21. The maximum absolute atomic E-state index is 14.7. The van der Waals surface area contributed by atoms with Crippen molar-refractivity contribution in [1.29, 1.82) is 0 Å². The van der Waals surface area contributed by atoms with Crippen LogP contribution in [0.2, 0.25) is 0 Å². The van der Waals surface area contributed by atoms with Gasteiger partial charge in [0.05, 0.1) is 11.4 Å². The van der Waals surface area contributed by atoms with Crippen molar-refractivity contribution < 1.29 is 18.0 Å². The fourth-order valence-corrected chi connectivity index (χ4v) is 3.34. The standard InChI is InChI=1S/C23H18F3N5O2/c1-12-16-7-21(27-2)28-10-13(16)11-31(22(12)32)20-9-19(17(25)8-18(20)26)30-23(33)29-15-5-3-14(24)4-6-15/h3-11,27H,1-2H3,(H2,29,30,33). The number of anilines is 3. The number of nitrogens with one attached hydrogen (secondary N) is 3. The lowest BCUT2D eigenvalue weighted by Crippen LogP contribution is -2.23. The van der Waals surface area contributed by atoms with Crippen molar-refractivity contribution >= 4 is 34.0 Å². The first-order valence-corrected chi connectivity index (χ1v) is 9.79. The molecular formula is C23H18F3N5O2. The van der Waals surface area contributed by atoms with Crippen molar-refractivity contribution in [1.82, 2.24) is 9.55 Å². The third kappa shape index (κ3) is 4.36. The van der Waals surface area contributed by atoms with E-state index in [-0.39, 0.29) is 17.1 Å². The highest BCUT2D eigenvalue weighted by atomic mass is 19.1. The van der Waals surface area contributed by atoms with Crippen LogP contribution in [-0.4, -0.2) is 22.6 Å². The molecule has 0 aliphatic rings. The zero-order valence-corrected chi connectivity index (χ0v) is 17.5. The average Bonchev–Trinajstić information content (AvgIpc) is 2.79. The van der Waals surface area contributed by atoms with Crippen molar-refractivity contribution in [3.05, 3.63) is 88.2 Å². The Balaban J connectivity index is 1.72. The van der Waals surface area contributed by atoms with E-state index in [1.165, 1.54) is 24.5 Å². The van der Waals surface area contributed by atoms with Gasteiger partial charge in [0, 0.05) is 42.1 Å². The second-order valence-electron chi connectivity index (χ2n) is 7.21. The third-order valence-corrected chi connectivity index (χ3v) is 5.05. The Hall–Kier alpha value is -4.34. The van der Waals surface area contributed by atoms with E-state index in [1.807, 2.05) is 0 Å². The minimum atomic E-state index is -1.03. The maximum atomic E-state index is 14.7. The summed E-state index contributed by atoms with van der Waals surface area (Å²) >= 11 is 0. The summed E-state index contributed by atoms with van der Waals surface area (Å²) < 4.78 is 43.1. The highest BCUT2D eigenvalue weighted by molar-refractivity contribution is 6.00. The Bertz CT molecular complexity index is 1440. The predicted molar refractivity (Wildman–Crippen MR) is 121 cm³/mol. The fraction of sp³-hybridized carbons (Fsp3) is 0.0870. The summed E-state index contributed by atoms with van der Waals surface area (Å²) in [4.78, 5) is 29.4. The van der Waals surface area contributed by atoms with Crippen LogP contribution in [0.1, 0.15) is 5.56 Å². The van der Waals surface area contributed by atoms with Crippen LogP contribution < -0.4 is 21.5 Å². The number of fused-ring (bicyclic) bond motifs is 1. The molecule has 2 amide bonds. The lowest BCUT2D eigenvalue weighted by Gasteiger charge is -2.14. The average molecular weight is 453 g/mol. The number of carbonyl (C=O) groups is 1. The van der Waals surface area contributed by atoms with Gasteiger partial charge in [-0.25, -0.2) is 22.9 Å². The molecule has 0 atom stereocenters. The van der Waals surface area contributed by atoms with E-state index >= 15 is 0 Å². The van der Waals surface area contributed by atoms with Crippen molar-refractivity contribution in [2.75, 3.05) is 23.0 Å². The van der Waals surface area contributed by atoms with Gasteiger partial charge in [0.25, 0.3) is 5.56 Å². The predicted octanol–water partition coefficient (Wildman–Crippen LogP) is 4.80. The summed E-state index contributed by atoms with van der Waals surface area (Å²) in [5.74, 6) is -1.94. The Labute approximate surface area is 185 Å². The Morgan fingerprint density at radius 1 is 1.00 bits per heavy atom. The lowest BCUT2D eigenvalue weighted by atomic mass is 10.1. The number of amides is 2. The molecule has 2 aromatic heterocycles. The Morgan fingerprint density at radius 3 is 2.42 bits per heavy atom. The first-order chi connectivity index (χ1) is 15.8. The molecule has 0 radical (unpaired) electrons. The molecule has 168 valence electrons. The number of carbonyl (C=O) groups excluding carboxylic acids is 1. The Morgan fingerprint density at radius 2 is 1.73 bits per heavy atom. The SMILES string of the molecule is CNc1cc2c(C)c(=O)n(-c3cc(NC(=O)Nc4ccc(F)cc4)c(F)cc3F)cc2cn1. The summed E-state index contributed by atoms with van der Waals surface area (Å²) in [5.41, 5.74) is -0.492. The first kappa shape index (κ1) is 21.9. The number of aryl methyl sites for hydroxylation is 1. The van der Waals surface area contributed by atoms with E-state index in [2.05, 4.69) is 20.9 Å². The normalized spacial score (nSPS) is 10.8. The van der Waals surface area contributed by atoms with Gasteiger partial charge in [-0.3, -0.25) is 9.36 Å². The topological polar surface area (TPSA) is 88.0 Å². The number of pyridine rings is 2. The van der Waals surface area contributed by atoms with Gasteiger partial charge in [-0.1, -0.05) is 0 Å². The van der Waals surface area contributed by atoms with Crippen molar-refractivity contribution in [2.24, 2.45) is 0 Å².